The Bertz CT molecular complexity index is 71.4. The molecule has 1 radical (unpaired) electrons. The first-order valence-electron chi connectivity index (χ1n) is 0.783. The summed E-state index contributed by atoms with van der Waals surface area (Å²) in [7, 11) is -4.64. The molecule has 0 fully saturated rings. The van der Waals surface area contributed by atoms with E-state index in [1.165, 1.54) is 0 Å². The second kappa shape index (κ2) is 12.9. The van der Waals surface area contributed by atoms with Crippen molar-refractivity contribution in [1.29, 1.82) is 0 Å². The van der Waals surface area contributed by atoms with Crippen LogP contribution in [0.1, 0.15) is 1.43 Å². The smallest absolute Gasteiger partial charge is 1.00 e. The van der Waals surface area contributed by atoms with Crippen molar-refractivity contribution in [2.75, 3.05) is 0 Å². The SMILES string of the molecule is O=P(O)(O)O.[AlH3].[Fe].[H-].[Li+].[Mn]. The second-order valence-corrected chi connectivity index (χ2v) is 1.54. The first-order valence-corrected chi connectivity index (χ1v) is 2.35. The third-order valence-corrected chi connectivity index (χ3v) is 0. The van der Waals surface area contributed by atoms with E-state index in [9.17, 15) is 0 Å². The molecule has 0 aliphatic rings. The predicted molar refractivity (Wildman–Crippen MR) is 25.3 cm³/mol. The largest absolute Gasteiger partial charge is 1.00 e. The fourth-order valence-corrected chi connectivity index (χ4v) is 0. The fraction of sp³-hybridized carbons (Fsp3) is 0. The van der Waals surface area contributed by atoms with E-state index in [1.54, 1.807) is 0 Å². The minimum atomic E-state index is -4.64. The first kappa shape index (κ1) is 30.2. The minimum absolute atomic E-state index is 0. The van der Waals surface area contributed by atoms with Gasteiger partial charge in [-0.25, -0.2) is 4.57 Å². The molecular formula is H7AlFeLiMnO4P. The average Bonchev–Trinajstić information content (AvgIpc) is 0.722. The van der Waals surface area contributed by atoms with E-state index >= 15 is 0 Å². The molecule has 0 saturated carbocycles. The Morgan fingerprint density at radius 1 is 1.22 bits per heavy atom. The van der Waals surface area contributed by atoms with Gasteiger partial charge in [-0.15, -0.1) is 0 Å². The maximum Gasteiger partial charge on any atom is 1.00 e. The van der Waals surface area contributed by atoms with Crippen molar-refractivity contribution in [2.24, 2.45) is 0 Å². The zero-order valence-electron chi connectivity index (χ0n) is 4.93. The normalized spacial score (nSPS) is 6.56. The summed E-state index contributed by atoms with van der Waals surface area (Å²) in [5.74, 6) is 0. The van der Waals surface area contributed by atoms with E-state index in [0.29, 0.717) is 0 Å². The van der Waals surface area contributed by atoms with Gasteiger partial charge in [0.2, 0.25) is 0 Å². The van der Waals surface area contributed by atoms with Crippen LogP contribution in [0.4, 0.5) is 0 Å². The maximum atomic E-state index is 8.88. The molecule has 55 valence electrons. The van der Waals surface area contributed by atoms with Gasteiger partial charge in [0.1, 0.15) is 0 Å². The van der Waals surface area contributed by atoms with Crippen LogP contribution >= 0.6 is 7.82 Å². The van der Waals surface area contributed by atoms with Gasteiger partial charge < -0.3 is 16.1 Å². The van der Waals surface area contributed by atoms with Crippen molar-refractivity contribution in [3.8, 4) is 0 Å². The standard InChI is InChI=1S/Al.Fe.Li.Mn.H3O4P.4H/c;;;;1-5(2,3)4;;;;/h;;;;(H3,1,2,3,4);;;;/q;;+1;;;;;;-1. The molecule has 9 heteroatoms. The molecule has 0 aliphatic heterocycles. The van der Waals surface area contributed by atoms with Crippen LogP contribution in [-0.4, -0.2) is 32.0 Å². The molecule has 0 bridgehead atoms. The number of phosphoric acid groups is 1. The van der Waals surface area contributed by atoms with Crippen molar-refractivity contribution in [3.05, 3.63) is 0 Å². The summed E-state index contributed by atoms with van der Waals surface area (Å²) in [4.78, 5) is 21.6. The van der Waals surface area contributed by atoms with E-state index in [4.69, 9.17) is 19.2 Å². The molecule has 0 spiro atoms. The summed E-state index contributed by atoms with van der Waals surface area (Å²) >= 11 is 0. The zero-order chi connectivity index (χ0) is 4.50. The molecule has 0 rings (SSSR count). The first-order chi connectivity index (χ1) is 2.00. The van der Waals surface area contributed by atoms with Crippen LogP contribution in [0, 0.1) is 0 Å². The van der Waals surface area contributed by atoms with Gasteiger partial charge >= 0.3 is 26.7 Å². The Morgan fingerprint density at radius 3 is 1.22 bits per heavy atom. The molecule has 0 aliphatic carbocycles. The van der Waals surface area contributed by atoms with E-state index in [1.807, 2.05) is 0 Å². The van der Waals surface area contributed by atoms with Gasteiger partial charge in [0.25, 0.3) is 0 Å². The van der Waals surface area contributed by atoms with Gasteiger partial charge in [0.05, 0.1) is 0 Å². The Morgan fingerprint density at radius 2 is 1.22 bits per heavy atom. The number of hydrogen-bond donors (Lipinski definition) is 3. The summed E-state index contributed by atoms with van der Waals surface area (Å²) in [5.41, 5.74) is 0. The quantitative estimate of drug-likeness (QED) is 0.296. The molecule has 0 aromatic heterocycles. The van der Waals surface area contributed by atoms with Crippen molar-refractivity contribution in [3.63, 3.8) is 0 Å². The van der Waals surface area contributed by atoms with Crippen LogP contribution in [-0.2, 0) is 38.7 Å². The number of rotatable bonds is 0. The monoisotopic (exact) mass is 247 g/mol. The molecule has 9 heavy (non-hydrogen) atoms. The van der Waals surface area contributed by atoms with Crippen molar-refractivity contribution >= 4 is 25.2 Å². The van der Waals surface area contributed by atoms with E-state index in [2.05, 4.69) is 0 Å². The summed E-state index contributed by atoms with van der Waals surface area (Å²) in [6.07, 6.45) is 0. The molecule has 3 N–H and O–H groups in total. The molecular weight excluding hydrogens is 240 g/mol. The summed E-state index contributed by atoms with van der Waals surface area (Å²) in [5, 5.41) is 0. The maximum absolute atomic E-state index is 8.88. The van der Waals surface area contributed by atoms with Crippen LogP contribution < -0.4 is 18.9 Å². The van der Waals surface area contributed by atoms with Crippen molar-refractivity contribution < 1.29 is 73.7 Å². The third-order valence-electron chi connectivity index (χ3n) is 0. The van der Waals surface area contributed by atoms with E-state index in [-0.39, 0.29) is 71.8 Å². The number of hydrogen-bond acceptors (Lipinski definition) is 1. The zero-order valence-corrected chi connectivity index (χ0v) is 7.11. The third kappa shape index (κ3) is 136. The fourth-order valence-electron chi connectivity index (χ4n) is 0. The van der Waals surface area contributed by atoms with Crippen LogP contribution in [0.3, 0.4) is 0 Å². The molecule has 0 saturated heterocycles. The van der Waals surface area contributed by atoms with Crippen LogP contribution in [0.2, 0.25) is 0 Å². The topological polar surface area (TPSA) is 77.8 Å². The molecule has 0 atom stereocenters. The van der Waals surface area contributed by atoms with Gasteiger partial charge in [-0.2, -0.15) is 0 Å². The Kier molecular flexibility index (Phi) is 43.4. The molecule has 4 nitrogen and oxygen atoms in total. The molecule has 0 heterocycles. The van der Waals surface area contributed by atoms with Crippen molar-refractivity contribution in [1.82, 2.24) is 0 Å². The molecule has 0 aromatic carbocycles. The van der Waals surface area contributed by atoms with Gasteiger partial charge in [-0.3, -0.25) is 0 Å². The second-order valence-electron chi connectivity index (χ2n) is 0.513. The summed E-state index contributed by atoms with van der Waals surface area (Å²) in [6.45, 7) is 0. The minimum Gasteiger partial charge on any atom is -1.00 e. The Hall–Kier alpha value is 2.28. The Balaban J connectivity index is -0.00000000800. The Labute approximate surface area is 98.2 Å². The average molecular weight is 247 g/mol. The van der Waals surface area contributed by atoms with Gasteiger partial charge in [-0.1, -0.05) is 0 Å². The predicted octanol–water partition coefficient (Wildman–Crippen LogP) is -5.00. The molecule has 0 aromatic rings. The molecule has 0 unspecified atom stereocenters. The summed E-state index contributed by atoms with van der Waals surface area (Å²) in [6, 6.07) is 0. The van der Waals surface area contributed by atoms with Gasteiger partial charge in [0.15, 0.2) is 17.4 Å². The van der Waals surface area contributed by atoms with Gasteiger partial charge in [-0.05, 0) is 0 Å². The van der Waals surface area contributed by atoms with Gasteiger partial charge in [0, 0.05) is 34.1 Å². The van der Waals surface area contributed by atoms with E-state index < -0.39 is 7.82 Å². The summed E-state index contributed by atoms with van der Waals surface area (Å²) < 4.78 is 8.88. The van der Waals surface area contributed by atoms with Crippen LogP contribution in [0.15, 0.2) is 0 Å². The van der Waals surface area contributed by atoms with E-state index in [0.717, 1.165) is 0 Å². The van der Waals surface area contributed by atoms with Crippen LogP contribution in [0.25, 0.3) is 0 Å². The van der Waals surface area contributed by atoms with Crippen LogP contribution in [0.5, 0.6) is 0 Å². The van der Waals surface area contributed by atoms with Crippen molar-refractivity contribution in [2.45, 2.75) is 0 Å². The molecule has 0 amide bonds.